The number of anilines is 3. The third-order valence-electron chi connectivity index (χ3n) is 5.33. The number of amides is 2. The molecule has 3 rings (SSSR count). The summed E-state index contributed by atoms with van der Waals surface area (Å²) >= 11 is 0. The lowest BCUT2D eigenvalue weighted by Crippen LogP contribution is -2.19. The standard InChI is InChI=1S/C29H33N3O6/c1-16(2)37-25-15-20(18(5)33)9-13-23(25)31-29(35)22-12-14-24(27(26(22)36-6)38-17(3)4)32-28(34)19-7-10-21(30)11-8-19/h7-17H,30H2,1-6H3,(H,31,35)(H,32,34). The number of nitrogen functional groups attached to an aromatic ring is 1. The third-order valence-corrected chi connectivity index (χ3v) is 5.33. The maximum atomic E-state index is 13.4. The summed E-state index contributed by atoms with van der Waals surface area (Å²) in [6.07, 6.45) is -0.461. The van der Waals surface area contributed by atoms with Crippen LogP contribution in [0.1, 0.15) is 65.7 Å². The molecule has 0 heterocycles. The lowest BCUT2D eigenvalue weighted by atomic mass is 10.1. The van der Waals surface area contributed by atoms with E-state index in [4.69, 9.17) is 19.9 Å². The average molecular weight is 520 g/mol. The van der Waals surface area contributed by atoms with E-state index in [-0.39, 0.29) is 41.0 Å². The fourth-order valence-electron chi connectivity index (χ4n) is 3.61. The first-order valence-corrected chi connectivity index (χ1v) is 12.2. The number of hydrogen-bond acceptors (Lipinski definition) is 7. The van der Waals surface area contributed by atoms with Crippen molar-refractivity contribution in [2.24, 2.45) is 0 Å². The number of carbonyl (C=O) groups excluding carboxylic acids is 3. The van der Waals surface area contributed by atoms with Crippen molar-refractivity contribution in [1.29, 1.82) is 0 Å². The molecule has 0 fully saturated rings. The highest BCUT2D eigenvalue weighted by Crippen LogP contribution is 2.40. The number of methoxy groups -OCH3 is 1. The number of nitrogens with two attached hydrogens (primary N) is 1. The number of rotatable bonds is 10. The van der Waals surface area contributed by atoms with Gasteiger partial charge in [0.15, 0.2) is 17.3 Å². The van der Waals surface area contributed by atoms with Crippen molar-refractivity contribution in [3.8, 4) is 17.2 Å². The molecule has 0 bridgehead atoms. The fourth-order valence-corrected chi connectivity index (χ4v) is 3.61. The van der Waals surface area contributed by atoms with E-state index in [1.165, 1.54) is 20.1 Å². The highest BCUT2D eigenvalue weighted by atomic mass is 16.5. The third kappa shape index (κ3) is 6.82. The van der Waals surface area contributed by atoms with Gasteiger partial charge in [0.05, 0.1) is 36.3 Å². The summed E-state index contributed by atoms with van der Waals surface area (Å²) in [6.45, 7) is 8.80. The van der Waals surface area contributed by atoms with Crippen molar-refractivity contribution in [3.63, 3.8) is 0 Å². The summed E-state index contributed by atoms with van der Waals surface area (Å²) in [6, 6.07) is 14.4. The van der Waals surface area contributed by atoms with Crippen molar-refractivity contribution in [1.82, 2.24) is 0 Å². The molecule has 0 aliphatic carbocycles. The number of Topliss-reactive ketones (excluding diaryl/α,β-unsaturated/α-hetero) is 1. The minimum atomic E-state index is -0.490. The first kappa shape index (κ1) is 28.0. The number of ether oxygens (including phenoxy) is 3. The van der Waals surface area contributed by atoms with Crippen LogP contribution in [0.25, 0.3) is 0 Å². The molecule has 0 spiro atoms. The maximum absolute atomic E-state index is 13.4. The molecule has 38 heavy (non-hydrogen) atoms. The molecule has 200 valence electrons. The lowest BCUT2D eigenvalue weighted by molar-refractivity contribution is 0.101. The van der Waals surface area contributed by atoms with E-state index in [2.05, 4.69) is 10.6 Å². The zero-order chi connectivity index (χ0) is 28.0. The van der Waals surface area contributed by atoms with Gasteiger partial charge in [-0.05, 0) is 89.2 Å². The van der Waals surface area contributed by atoms with Gasteiger partial charge < -0.3 is 30.6 Å². The van der Waals surface area contributed by atoms with Gasteiger partial charge in [0.1, 0.15) is 5.75 Å². The second-order valence-corrected chi connectivity index (χ2v) is 9.15. The Bertz CT molecular complexity index is 1330. The number of nitrogens with one attached hydrogen (secondary N) is 2. The fraction of sp³-hybridized carbons (Fsp3) is 0.276. The quantitative estimate of drug-likeness (QED) is 0.236. The Morgan fingerprint density at radius 2 is 1.32 bits per heavy atom. The van der Waals surface area contributed by atoms with Crippen LogP contribution in [0, 0.1) is 0 Å². The average Bonchev–Trinajstić information content (AvgIpc) is 2.85. The minimum Gasteiger partial charge on any atom is -0.492 e. The van der Waals surface area contributed by atoms with Gasteiger partial charge in [-0.2, -0.15) is 0 Å². The zero-order valence-electron chi connectivity index (χ0n) is 22.4. The van der Waals surface area contributed by atoms with Gasteiger partial charge in [-0.1, -0.05) is 0 Å². The van der Waals surface area contributed by atoms with Crippen LogP contribution < -0.4 is 30.6 Å². The smallest absolute Gasteiger partial charge is 0.259 e. The first-order valence-electron chi connectivity index (χ1n) is 12.2. The number of carbonyl (C=O) groups is 3. The SMILES string of the molecule is COc1c(C(=O)Nc2ccc(C(C)=O)cc2OC(C)C)ccc(NC(=O)c2ccc(N)cc2)c1OC(C)C. The topological polar surface area (TPSA) is 129 Å². The van der Waals surface area contributed by atoms with Crippen molar-refractivity contribution < 1.29 is 28.6 Å². The van der Waals surface area contributed by atoms with E-state index in [1.807, 2.05) is 27.7 Å². The molecule has 3 aromatic rings. The Balaban J connectivity index is 1.98. The minimum absolute atomic E-state index is 0.120. The highest BCUT2D eigenvalue weighted by Gasteiger charge is 2.24. The van der Waals surface area contributed by atoms with Crippen LogP contribution in [0.5, 0.6) is 17.2 Å². The second-order valence-electron chi connectivity index (χ2n) is 9.15. The molecule has 0 unspecified atom stereocenters. The molecule has 0 radical (unpaired) electrons. The summed E-state index contributed by atoms with van der Waals surface area (Å²) in [5, 5.41) is 5.66. The van der Waals surface area contributed by atoms with Gasteiger partial charge in [0.2, 0.25) is 0 Å². The first-order chi connectivity index (χ1) is 18.0. The van der Waals surface area contributed by atoms with E-state index < -0.39 is 5.91 Å². The molecule has 9 nitrogen and oxygen atoms in total. The Labute approximate surface area is 222 Å². The lowest BCUT2D eigenvalue weighted by Gasteiger charge is -2.21. The predicted molar refractivity (Wildman–Crippen MR) is 148 cm³/mol. The molecule has 4 N–H and O–H groups in total. The molecule has 0 aliphatic rings. The van der Waals surface area contributed by atoms with Crippen LogP contribution >= 0.6 is 0 Å². The largest absolute Gasteiger partial charge is 0.492 e. The van der Waals surface area contributed by atoms with Gasteiger partial charge in [0.25, 0.3) is 11.8 Å². The highest BCUT2D eigenvalue weighted by molar-refractivity contribution is 6.10. The molecule has 0 aromatic heterocycles. The summed E-state index contributed by atoms with van der Waals surface area (Å²) in [5.41, 5.74) is 8.04. The van der Waals surface area contributed by atoms with E-state index in [9.17, 15) is 14.4 Å². The Hall–Kier alpha value is -4.53. The number of hydrogen-bond donors (Lipinski definition) is 3. The molecule has 2 amide bonds. The van der Waals surface area contributed by atoms with E-state index in [0.717, 1.165) is 0 Å². The summed E-state index contributed by atoms with van der Waals surface area (Å²) in [7, 11) is 1.42. The second kappa shape index (κ2) is 12.1. The van der Waals surface area contributed by atoms with Gasteiger partial charge >= 0.3 is 0 Å². The molecule has 0 saturated heterocycles. The van der Waals surface area contributed by atoms with E-state index in [0.29, 0.717) is 33.9 Å². The van der Waals surface area contributed by atoms with Crippen molar-refractivity contribution >= 4 is 34.7 Å². The van der Waals surface area contributed by atoms with Crippen LogP contribution in [0.4, 0.5) is 17.1 Å². The molecule has 3 aromatic carbocycles. The Kier molecular flexibility index (Phi) is 8.96. The molecule has 9 heteroatoms. The van der Waals surface area contributed by atoms with Crippen molar-refractivity contribution in [3.05, 3.63) is 71.3 Å². The number of ketones is 1. The molecular weight excluding hydrogens is 486 g/mol. The maximum Gasteiger partial charge on any atom is 0.259 e. The Morgan fingerprint density at radius 1 is 0.737 bits per heavy atom. The van der Waals surface area contributed by atoms with E-state index >= 15 is 0 Å². The van der Waals surface area contributed by atoms with Crippen LogP contribution in [0.2, 0.25) is 0 Å². The molecular formula is C29H33N3O6. The normalized spacial score (nSPS) is 10.7. The number of benzene rings is 3. The zero-order valence-corrected chi connectivity index (χ0v) is 22.4. The van der Waals surface area contributed by atoms with Crippen molar-refractivity contribution in [2.75, 3.05) is 23.5 Å². The van der Waals surface area contributed by atoms with Crippen LogP contribution in [0.15, 0.2) is 54.6 Å². The molecule has 0 atom stereocenters. The molecule has 0 saturated carbocycles. The predicted octanol–water partition coefficient (Wildman–Crippen LogP) is 5.56. The van der Waals surface area contributed by atoms with Crippen LogP contribution in [-0.4, -0.2) is 36.9 Å². The van der Waals surface area contributed by atoms with Gasteiger partial charge in [-0.3, -0.25) is 14.4 Å². The monoisotopic (exact) mass is 519 g/mol. The van der Waals surface area contributed by atoms with Gasteiger partial charge in [-0.15, -0.1) is 0 Å². The summed E-state index contributed by atoms with van der Waals surface area (Å²) < 4.78 is 17.4. The summed E-state index contributed by atoms with van der Waals surface area (Å²) in [4.78, 5) is 38.1. The van der Waals surface area contributed by atoms with Gasteiger partial charge in [0, 0.05) is 16.8 Å². The summed E-state index contributed by atoms with van der Waals surface area (Å²) in [5.74, 6) is -0.256. The van der Waals surface area contributed by atoms with Crippen molar-refractivity contribution in [2.45, 2.75) is 46.8 Å². The van der Waals surface area contributed by atoms with Gasteiger partial charge in [-0.25, -0.2) is 0 Å². The van der Waals surface area contributed by atoms with E-state index in [1.54, 1.807) is 48.5 Å². The van der Waals surface area contributed by atoms with Crippen LogP contribution in [0.3, 0.4) is 0 Å². The Morgan fingerprint density at radius 3 is 1.89 bits per heavy atom. The molecule has 0 aliphatic heterocycles. The van der Waals surface area contributed by atoms with Crippen LogP contribution in [-0.2, 0) is 0 Å².